The summed E-state index contributed by atoms with van der Waals surface area (Å²) in [6.45, 7) is 7.56. The molecule has 56 heavy (non-hydrogen) atoms. The molecule has 5 atom stereocenters. The van der Waals surface area contributed by atoms with E-state index in [1.165, 1.54) is 0 Å². The Labute approximate surface area is 331 Å². The minimum Gasteiger partial charge on any atom is -0.390 e. The fraction of sp³-hybridized carbons (Fsp3) is 0.634. The minimum atomic E-state index is -1.26. The van der Waals surface area contributed by atoms with Gasteiger partial charge in [-0.1, -0.05) is 89.1 Å². The summed E-state index contributed by atoms with van der Waals surface area (Å²) in [6, 6.07) is 6.73. The number of carbonyl (C=O) groups is 5. The molecular weight excluding hydrogens is 715 g/mol. The van der Waals surface area contributed by atoms with Crippen LogP contribution in [0.4, 0.5) is 5.82 Å². The van der Waals surface area contributed by atoms with E-state index in [0.717, 1.165) is 50.5 Å². The number of nitrogens with one attached hydrogen (secondary N) is 5. The molecule has 1 fully saturated rings. The average molecular weight is 780 g/mol. The van der Waals surface area contributed by atoms with Crippen molar-refractivity contribution in [3.63, 3.8) is 0 Å². The smallest absolute Gasteiger partial charge is 0.243 e. The Kier molecular flexibility index (Phi) is 19.7. The lowest BCUT2D eigenvalue weighted by Crippen LogP contribution is -2.53. The summed E-state index contributed by atoms with van der Waals surface area (Å²) < 4.78 is 0. The number of unbranched alkanes of at least 4 members (excludes halogenated alkanes) is 2. The molecule has 10 N–H and O–H groups in total. The molecule has 2 aromatic rings. The number of benzene rings is 1. The van der Waals surface area contributed by atoms with Crippen LogP contribution in [0.1, 0.15) is 114 Å². The summed E-state index contributed by atoms with van der Waals surface area (Å²) in [4.78, 5) is 74.9. The van der Waals surface area contributed by atoms with Crippen molar-refractivity contribution in [2.75, 3.05) is 18.8 Å². The van der Waals surface area contributed by atoms with Crippen molar-refractivity contribution in [1.29, 1.82) is 0 Å². The molecule has 1 aromatic carbocycles. The molecule has 0 aliphatic heterocycles. The van der Waals surface area contributed by atoms with Gasteiger partial charge in [-0.2, -0.15) is 0 Å². The number of amides is 5. The first-order valence-corrected chi connectivity index (χ1v) is 20.3. The molecule has 1 heterocycles. The average Bonchev–Trinajstić information content (AvgIpc) is 3.18. The van der Waals surface area contributed by atoms with Crippen LogP contribution in [-0.4, -0.2) is 81.9 Å². The predicted octanol–water partition coefficient (Wildman–Crippen LogP) is 2.39. The fourth-order valence-corrected chi connectivity index (χ4v) is 6.92. The van der Waals surface area contributed by atoms with Crippen LogP contribution in [0.2, 0.25) is 0 Å². The van der Waals surface area contributed by atoms with Gasteiger partial charge in [0.25, 0.3) is 0 Å². The molecule has 0 radical (unpaired) electrons. The molecule has 0 saturated heterocycles. The number of carbonyl (C=O) groups excluding carboxylic acids is 5. The lowest BCUT2D eigenvalue weighted by atomic mass is 9.83. The molecule has 0 unspecified atom stereocenters. The lowest BCUT2D eigenvalue weighted by molar-refractivity contribution is -0.132. The highest BCUT2D eigenvalue weighted by Crippen LogP contribution is 2.28. The van der Waals surface area contributed by atoms with E-state index < -0.39 is 47.9 Å². The van der Waals surface area contributed by atoms with Gasteiger partial charge in [0.2, 0.25) is 29.5 Å². The fourth-order valence-electron chi connectivity index (χ4n) is 6.92. The first-order valence-electron chi connectivity index (χ1n) is 20.3. The van der Waals surface area contributed by atoms with Crippen molar-refractivity contribution in [1.82, 2.24) is 36.6 Å². The van der Waals surface area contributed by atoms with Gasteiger partial charge in [0.1, 0.15) is 23.6 Å². The topological polar surface area (TPSA) is 244 Å². The number of anilines is 1. The molecule has 15 heteroatoms. The third-order valence-corrected chi connectivity index (χ3v) is 10.6. The summed E-state index contributed by atoms with van der Waals surface area (Å²) in [7, 11) is 0. The van der Waals surface area contributed by atoms with Crippen molar-refractivity contribution in [2.24, 2.45) is 17.6 Å². The first kappa shape index (κ1) is 45.8. The number of aliphatic hydroxyl groups excluding tert-OH is 1. The zero-order valence-electron chi connectivity index (χ0n) is 33.7. The summed E-state index contributed by atoms with van der Waals surface area (Å²) in [5, 5.41) is 25.4. The molecule has 0 spiro atoms. The maximum absolute atomic E-state index is 13.4. The highest BCUT2D eigenvalue weighted by molar-refractivity contribution is 5.91. The van der Waals surface area contributed by atoms with Gasteiger partial charge >= 0.3 is 0 Å². The standard InChI is InChI=1S/C41H65N9O6/c1-5-26(2)38(41(56)44-24-33-39(43)47-28(4)27(3)46-33)50-36(53)23-34(51)31(21-29-15-9-6-10-16-29)48-37(54)25-45-40(55)32(22-30-17-11-7-12-18-30)49-35(52)19-13-8-14-20-42/h7,11-12,17-18,26,29,31-32,34,38,51H,5-6,8-10,13-16,19-25,42H2,1-4H3,(H2,43,47)(H,44,56)(H,45,55)(H,48,54)(H,49,52)(H,50,53)/t26-,31-,32+,34-,38+/m1/s1. The Morgan fingerprint density at radius 2 is 1.55 bits per heavy atom. The Balaban J connectivity index is 1.64. The highest BCUT2D eigenvalue weighted by Gasteiger charge is 2.31. The normalized spacial score (nSPS) is 15.8. The van der Waals surface area contributed by atoms with E-state index in [1.54, 1.807) is 13.8 Å². The Bertz CT molecular complexity index is 1570. The SMILES string of the molecule is CC[C@@H](C)[C@H](NC(=O)C[C@@H](O)[C@@H](CC1CCCCC1)NC(=O)CNC(=O)[C@H](Cc1ccccc1)NC(=O)CCCCCN)C(=O)NCc1nc(C)c(C)nc1N. The van der Waals surface area contributed by atoms with Crippen LogP contribution in [0, 0.1) is 25.7 Å². The minimum absolute atomic E-state index is 0.0326. The van der Waals surface area contributed by atoms with Gasteiger partial charge in [-0.3, -0.25) is 29.0 Å². The second-order valence-electron chi connectivity index (χ2n) is 15.2. The Morgan fingerprint density at radius 1 is 0.857 bits per heavy atom. The van der Waals surface area contributed by atoms with Crippen molar-refractivity contribution in [3.8, 4) is 0 Å². The highest BCUT2D eigenvalue weighted by atomic mass is 16.3. The molecule has 1 aliphatic rings. The third-order valence-electron chi connectivity index (χ3n) is 10.6. The van der Waals surface area contributed by atoms with Crippen LogP contribution in [0.3, 0.4) is 0 Å². The van der Waals surface area contributed by atoms with Crippen LogP contribution < -0.4 is 38.1 Å². The molecule has 0 bridgehead atoms. The van der Waals surface area contributed by atoms with E-state index in [4.69, 9.17) is 11.5 Å². The lowest BCUT2D eigenvalue weighted by Gasteiger charge is -2.31. The third kappa shape index (κ3) is 15.8. The van der Waals surface area contributed by atoms with Crippen LogP contribution in [0.5, 0.6) is 0 Å². The van der Waals surface area contributed by atoms with Gasteiger partial charge in [0, 0.05) is 12.8 Å². The maximum Gasteiger partial charge on any atom is 0.243 e. The molecule has 310 valence electrons. The predicted molar refractivity (Wildman–Crippen MR) is 216 cm³/mol. The number of aliphatic hydroxyl groups is 1. The number of rotatable bonds is 23. The summed E-state index contributed by atoms with van der Waals surface area (Å²) in [5.41, 5.74) is 14.3. The Morgan fingerprint density at radius 3 is 2.23 bits per heavy atom. The number of aryl methyl sites for hydroxylation is 2. The molecule has 5 amide bonds. The monoisotopic (exact) mass is 780 g/mol. The van der Waals surface area contributed by atoms with Crippen molar-refractivity contribution in [3.05, 3.63) is 53.0 Å². The van der Waals surface area contributed by atoms with Crippen LogP contribution in [0.15, 0.2) is 30.3 Å². The number of hydrogen-bond acceptors (Lipinski definition) is 10. The maximum atomic E-state index is 13.4. The summed E-state index contributed by atoms with van der Waals surface area (Å²) in [6.07, 6.45) is 7.33. The van der Waals surface area contributed by atoms with E-state index in [-0.39, 0.29) is 55.9 Å². The van der Waals surface area contributed by atoms with Crippen LogP contribution in [-0.2, 0) is 36.9 Å². The number of hydrogen-bond donors (Lipinski definition) is 8. The molecule has 1 aliphatic carbocycles. The van der Waals surface area contributed by atoms with Crippen molar-refractivity contribution >= 4 is 35.4 Å². The van der Waals surface area contributed by atoms with Gasteiger partial charge < -0.3 is 43.2 Å². The van der Waals surface area contributed by atoms with E-state index in [1.807, 2.05) is 44.2 Å². The van der Waals surface area contributed by atoms with E-state index in [0.29, 0.717) is 42.9 Å². The quantitative estimate of drug-likeness (QED) is 0.0766. The molecule has 1 aromatic heterocycles. The number of nitrogen functional groups attached to an aromatic ring is 1. The number of nitrogens with zero attached hydrogens (tertiary/aromatic N) is 2. The number of aromatic nitrogens is 2. The summed E-state index contributed by atoms with van der Waals surface area (Å²) >= 11 is 0. The van der Waals surface area contributed by atoms with Crippen LogP contribution >= 0.6 is 0 Å². The van der Waals surface area contributed by atoms with E-state index in [2.05, 4.69) is 36.6 Å². The van der Waals surface area contributed by atoms with E-state index >= 15 is 0 Å². The molecular formula is C41H65N9O6. The Hall–Kier alpha value is -4.63. The molecule has 15 nitrogen and oxygen atoms in total. The van der Waals surface area contributed by atoms with Crippen LogP contribution in [0.25, 0.3) is 0 Å². The van der Waals surface area contributed by atoms with Gasteiger partial charge in [0.05, 0.1) is 43.0 Å². The zero-order chi connectivity index (χ0) is 41.0. The van der Waals surface area contributed by atoms with Gasteiger partial charge in [-0.05, 0) is 57.1 Å². The van der Waals surface area contributed by atoms with Gasteiger partial charge in [-0.15, -0.1) is 0 Å². The largest absolute Gasteiger partial charge is 0.390 e. The van der Waals surface area contributed by atoms with Gasteiger partial charge in [0.15, 0.2) is 0 Å². The first-order chi connectivity index (χ1) is 26.8. The van der Waals surface area contributed by atoms with Crippen molar-refractivity contribution in [2.45, 2.75) is 142 Å². The second-order valence-corrected chi connectivity index (χ2v) is 15.2. The second kappa shape index (κ2) is 24.1. The van der Waals surface area contributed by atoms with E-state index in [9.17, 15) is 29.1 Å². The number of nitrogens with two attached hydrogens (primary N) is 2. The molecule has 1 saturated carbocycles. The molecule has 3 rings (SSSR count). The van der Waals surface area contributed by atoms with Gasteiger partial charge in [-0.25, -0.2) is 4.98 Å². The van der Waals surface area contributed by atoms with Crippen molar-refractivity contribution < 1.29 is 29.1 Å². The zero-order valence-corrected chi connectivity index (χ0v) is 33.7. The summed E-state index contributed by atoms with van der Waals surface area (Å²) in [5.74, 6) is -2.02.